The van der Waals surface area contributed by atoms with Crippen molar-refractivity contribution in [1.82, 2.24) is 24.4 Å². The lowest BCUT2D eigenvalue weighted by Crippen LogP contribution is -2.48. The second kappa shape index (κ2) is 9.47. The normalized spacial score (nSPS) is 15.4. The van der Waals surface area contributed by atoms with E-state index in [2.05, 4.69) is 51.5 Å². The number of amides is 1. The second-order valence-electron chi connectivity index (χ2n) is 7.39. The van der Waals surface area contributed by atoms with Gasteiger partial charge in [0.25, 0.3) is 0 Å². The van der Waals surface area contributed by atoms with Gasteiger partial charge in [0.1, 0.15) is 5.82 Å². The summed E-state index contributed by atoms with van der Waals surface area (Å²) in [6.45, 7) is 4.41. The number of nitrogens with zero attached hydrogens (tertiary/aromatic N) is 5. The Morgan fingerprint density at radius 2 is 1.76 bits per heavy atom. The molecule has 0 radical (unpaired) electrons. The van der Waals surface area contributed by atoms with E-state index >= 15 is 0 Å². The number of piperazine rings is 1. The van der Waals surface area contributed by atoms with Crippen LogP contribution in [0.3, 0.4) is 0 Å². The molecule has 6 heteroatoms. The largest absolute Gasteiger partial charge is 0.340 e. The van der Waals surface area contributed by atoms with E-state index in [-0.39, 0.29) is 5.91 Å². The monoisotopic (exact) mass is 389 g/mol. The van der Waals surface area contributed by atoms with Gasteiger partial charge in [0, 0.05) is 51.8 Å². The molecule has 4 rings (SSSR count). The summed E-state index contributed by atoms with van der Waals surface area (Å²) in [5.41, 5.74) is 2.08. The quantitative estimate of drug-likeness (QED) is 0.624. The van der Waals surface area contributed by atoms with Gasteiger partial charge in [-0.25, -0.2) is 0 Å². The van der Waals surface area contributed by atoms with Crippen molar-refractivity contribution in [3.8, 4) is 0 Å². The van der Waals surface area contributed by atoms with Crippen molar-refractivity contribution in [3.63, 3.8) is 0 Å². The number of fused-ring (bicyclic) bond motifs is 1. The molecule has 1 saturated heterocycles. The molecule has 0 unspecified atom stereocenters. The van der Waals surface area contributed by atoms with E-state index in [4.69, 9.17) is 0 Å². The molecule has 1 aromatic carbocycles. The van der Waals surface area contributed by atoms with Crippen molar-refractivity contribution in [3.05, 3.63) is 72.2 Å². The molecule has 2 aromatic heterocycles. The molecule has 150 valence electrons. The SMILES string of the molecule is O=C(CCCc1nnc2ccccn12)N1CCN(C/C=C/c2ccccc2)CC1. The van der Waals surface area contributed by atoms with Crippen molar-refractivity contribution < 1.29 is 4.79 Å². The maximum absolute atomic E-state index is 12.5. The summed E-state index contributed by atoms with van der Waals surface area (Å²) in [6.07, 6.45) is 8.46. The van der Waals surface area contributed by atoms with E-state index in [1.165, 1.54) is 5.56 Å². The molecule has 1 amide bonds. The molecule has 0 aliphatic carbocycles. The van der Waals surface area contributed by atoms with Crippen LogP contribution >= 0.6 is 0 Å². The first-order chi connectivity index (χ1) is 14.3. The van der Waals surface area contributed by atoms with Crippen molar-refractivity contribution in [2.24, 2.45) is 0 Å². The van der Waals surface area contributed by atoms with E-state index in [0.29, 0.717) is 6.42 Å². The van der Waals surface area contributed by atoms with Crippen LogP contribution in [0.5, 0.6) is 0 Å². The number of aromatic nitrogens is 3. The molecule has 1 fully saturated rings. The average Bonchev–Trinajstić information content (AvgIpc) is 3.18. The van der Waals surface area contributed by atoms with Gasteiger partial charge in [-0.05, 0) is 24.1 Å². The fourth-order valence-corrected chi connectivity index (χ4v) is 3.70. The lowest BCUT2D eigenvalue weighted by atomic mass is 10.2. The zero-order valence-electron chi connectivity index (χ0n) is 16.7. The predicted octanol–water partition coefficient (Wildman–Crippen LogP) is 2.91. The van der Waals surface area contributed by atoms with Crippen molar-refractivity contribution >= 4 is 17.6 Å². The minimum atomic E-state index is 0.248. The van der Waals surface area contributed by atoms with Crippen LogP contribution < -0.4 is 0 Å². The number of carbonyl (C=O) groups is 1. The summed E-state index contributed by atoms with van der Waals surface area (Å²) in [4.78, 5) is 16.9. The third-order valence-electron chi connectivity index (χ3n) is 5.37. The van der Waals surface area contributed by atoms with Gasteiger partial charge in [-0.15, -0.1) is 10.2 Å². The van der Waals surface area contributed by atoms with Crippen LogP contribution in [-0.4, -0.2) is 63.0 Å². The molecule has 0 saturated carbocycles. The number of hydrogen-bond donors (Lipinski definition) is 0. The van der Waals surface area contributed by atoms with Gasteiger partial charge in [-0.3, -0.25) is 14.1 Å². The zero-order valence-corrected chi connectivity index (χ0v) is 16.7. The minimum Gasteiger partial charge on any atom is -0.340 e. The summed E-state index contributed by atoms with van der Waals surface area (Å²) in [7, 11) is 0. The first-order valence-corrected chi connectivity index (χ1v) is 10.3. The fraction of sp³-hybridized carbons (Fsp3) is 0.348. The number of carbonyl (C=O) groups excluding carboxylic acids is 1. The highest BCUT2D eigenvalue weighted by atomic mass is 16.2. The zero-order chi connectivity index (χ0) is 19.9. The van der Waals surface area contributed by atoms with Crippen LogP contribution in [0.15, 0.2) is 60.8 Å². The Kier molecular flexibility index (Phi) is 6.32. The standard InChI is InChI=1S/C23H27N5O/c29-23(13-6-12-22-25-24-21-11-4-5-15-28(21)22)27-18-16-26(17-19-27)14-7-10-20-8-2-1-3-9-20/h1-5,7-11,15H,6,12-14,16-19H2/b10-7+. The lowest BCUT2D eigenvalue weighted by molar-refractivity contribution is -0.132. The molecule has 3 heterocycles. The van der Waals surface area contributed by atoms with Crippen molar-refractivity contribution in [1.29, 1.82) is 0 Å². The summed E-state index contributed by atoms with van der Waals surface area (Å²) in [5, 5.41) is 8.40. The summed E-state index contributed by atoms with van der Waals surface area (Å²) < 4.78 is 1.99. The van der Waals surface area contributed by atoms with Gasteiger partial charge in [-0.1, -0.05) is 48.6 Å². The van der Waals surface area contributed by atoms with E-state index < -0.39 is 0 Å². The average molecular weight is 390 g/mol. The van der Waals surface area contributed by atoms with Crippen LogP contribution in [-0.2, 0) is 11.2 Å². The summed E-state index contributed by atoms with van der Waals surface area (Å²) >= 11 is 0. The van der Waals surface area contributed by atoms with Gasteiger partial charge in [0.15, 0.2) is 5.65 Å². The minimum absolute atomic E-state index is 0.248. The Labute approximate surface area is 171 Å². The Balaban J connectivity index is 1.18. The maximum atomic E-state index is 12.5. The topological polar surface area (TPSA) is 53.7 Å². The highest BCUT2D eigenvalue weighted by Crippen LogP contribution is 2.10. The predicted molar refractivity (Wildman–Crippen MR) is 114 cm³/mol. The molecule has 0 bridgehead atoms. The Morgan fingerprint density at radius 3 is 2.59 bits per heavy atom. The van der Waals surface area contributed by atoms with Gasteiger partial charge in [0.2, 0.25) is 5.91 Å². The molecule has 29 heavy (non-hydrogen) atoms. The Bertz CT molecular complexity index is 958. The molecule has 0 N–H and O–H groups in total. The number of benzene rings is 1. The van der Waals surface area contributed by atoms with Crippen molar-refractivity contribution in [2.75, 3.05) is 32.7 Å². The first-order valence-electron chi connectivity index (χ1n) is 10.3. The molecule has 3 aromatic rings. The number of pyridine rings is 1. The highest BCUT2D eigenvalue weighted by molar-refractivity contribution is 5.76. The summed E-state index contributed by atoms with van der Waals surface area (Å²) in [5.74, 6) is 1.17. The van der Waals surface area contributed by atoms with E-state index in [0.717, 1.165) is 57.0 Å². The molecule has 1 aliphatic rings. The van der Waals surface area contributed by atoms with Crippen LogP contribution in [0.4, 0.5) is 0 Å². The van der Waals surface area contributed by atoms with Crippen LogP contribution in [0, 0.1) is 0 Å². The van der Waals surface area contributed by atoms with Gasteiger partial charge in [-0.2, -0.15) is 0 Å². The molecule has 0 spiro atoms. The van der Waals surface area contributed by atoms with Gasteiger partial charge in [0.05, 0.1) is 0 Å². The van der Waals surface area contributed by atoms with Crippen molar-refractivity contribution in [2.45, 2.75) is 19.3 Å². The smallest absolute Gasteiger partial charge is 0.222 e. The molecule has 6 nitrogen and oxygen atoms in total. The third kappa shape index (κ3) is 5.09. The molecule has 1 aliphatic heterocycles. The molecular weight excluding hydrogens is 362 g/mol. The lowest BCUT2D eigenvalue weighted by Gasteiger charge is -2.34. The summed E-state index contributed by atoms with van der Waals surface area (Å²) in [6, 6.07) is 16.2. The van der Waals surface area contributed by atoms with Gasteiger partial charge >= 0.3 is 0 Å². The van der Waals surface area contributed by atoms with E-state index in [1.807, 2.05) is 39.8 Å². The van der Waals surface area contributed by atoms with Crippen LogP contribution in [0.2, 0.25) is 0 Å². The molecular formula is C23H27N5O. The van der Waals surface area contributed by atoms with E-state index in [1.54, 1.807) is 0 Å². The number of aryl methyl sites for hydroxylation is 1. The molecule has 0 atom stereocenters. The third-order valence-corrected chi connectivity index (χ3v) is 5.37. The van der Waals surface area contributed by atoms with Gasteiger partial charge < -0.3 is 4.90 Å². The van der Waals surface area contributed by atoms with Crippen LogP contribution in [0.1, 0.15) is 24.2 Å². The first kappa shape index (κ1) is 19.3. The Hall–Kier alpha value is -2.99. The Morgan fingerprint density at radius 1 is 0.966 bits per heavy atom. The number of hydrogen-bond acceptors (Lipinski definition) is 4. The maximum Gasteiger partial charge on any atom is 0.222 e. The van der Waals surface area contributed by atoms with Crippen LogP contribution in [0.25, 0.3) is 11.7 Å². The fourth-order valence-electron chi connectivity index (χ4n) is 3.70. The number of rotatable bonds is 7. The highest BCUT2D eigenvalue weighted by Gasteiger charge is 2.20. The second-order valence-corrected chi connectivity index (χ2v) is 7.39. The van der Waals surface area contributed by atoms with E-state index in [9.17, 15) is 4.79 Å².